The molecule has 27 heavy (non-hydrogen) atoms. The van der Waals surface area contributed by atoms with E-state index in [-0.39, 0.29) is 21.7 Å². The normalized spacial score (nSPS) is 10.7. The lowest BCUT2D eigenvalue weighted by Crippen LogP contribution is -2.14. The first-order chi connectivity index (χ1) is 12.9. The third-order valence-electron chi connectivity index (χ3n) is 3.12. The van der Waals surface area contributed by atoms with Gasteiger partial charge in [-0.25, -0.2) is 4.39 Å². The van der Waals surface area contributed by atoms with Crippen molar-refractivity contribution in [2.75, 3.05) is 16.4 Å². The third-order valence-corrected chi connectivity index (χ3v) is 5.91. The Morgan fingerprint density at radius 2 is 1.85 bits per heavy atom. The monoisotopic (exact) mass is 462 g/mol. The van der Waals surface area contributed by atoms with Crippen LogP contribution in [0.5, 0.6) is 0 Å². The molecule has 0 saturated heterocycles. The molecule has 3 aromatic rings. The van der Waals surface area contributed by atoms with Gasteiger partial charge in [-0.05, 0) is 24.3 Å². The first-order valence-electron chi connectivity index (χ1n) is 7.34. The summed E-state index contributed by atoms with van der Waals surface area (Å²) in [5.74, 6) is -0.633. The van der Waals surface area contributed by atoms with Crippen LogP contribution >= 0.6 is 57.9 Å². The highest BCUT2D eigenvalue weighted by atomic mass is 35.5. The molecule has 0 spiro atoms. The molecular formula is C16H10Cl3FN4OS2. The number of para-hydroxylation sites is 1. The Bertz CT molecular complexity index is 963. The zero-order valence-electron chi connectivity index (χ0n) is 13.3. The molecule has 1 heterocycles. The minimum Gasteiger partial charge on any atom is -0.328 e. The van der Waals surface area contributed by atoms with Gasteiger partial charge < -0.3 is 10.6 Å². The van der Waals surface area contributed by atoms with E-state index < -0.39 is 5.82 Å². The minimum absolute atomic E-state index is 0.0730. The number of carbonyl (C=O) groups excluding carboxylic acids is 1. The van der Waals surface area contributed by atoms with E-state index in [1.165, 1.54) is 41.3 Å². The van der Waals surface area contributed by atoms with Gasteiger partial charge >= 0.3 is 0 Å². The van der Waals surface area contributed by atoms with Crippen molar-refractivity contribution in [1.82, 2.24) is 10.2 Å². The Morgan fingerprint density at radius 1 is 1.15 bits per heavy atom. The predicted octanol–water partition coefficient (Wildman–Crippen LogP) is 6.11. The van der Waals surface area contributed by atoms with Crippen molar-refractivity contribution in [2.45, 2.75) is 4.34 Å². The number of thioether (sulfide) groups is 1. The number of nitrogens with one attached hydrogen (secondary N) is 2. The summed E-state index contributed by atoms with van der Waals surface area (Å²) < 4.78 is 14.2. The highest BCUT2D eigenvalue weighted by Crippen LogP contribution is 2.34. The molecule has 0 fully saturated rings. The van der Waals surface area contributed by atoms with Gasteiger partial charge in [-0.2, -0.15) is 0 Å². The van der Waals surface area contributed by atoms with Crippen LogP contribution in [-0.2, 0) is 4.79 Å². The summed E-state index contributed by atoms with van der Waals surface area (Å²) in [5, 5.41) is 14.7. The quantitative estimate of drug-likeness (QED) is 0.432. The van der Waals surface area contributed by atoms with Gasteiger partial charge in [0.1, 0.15) is 5.82 Å². The summed E-state index contributed by atoms with van der Waals surface area (Å²) in [7, 11) is 0. The zero-order chi connectivity index (χ0) is 19.4. The Labute approximate surface area is 177 Å². The average molecular weight is 464 g/mol. The van der Waals surface area contributed by atoms with Crippen LogP contribution in [0.3, 0.4) is 0 Å². The summed E-state index contributed by atoms with van der Waals surface area (Å²) >= 11 is 20.3. The van der Waals surface area contributed by atoms with Crippen molar-refractivity contribution in [1.29, 1.82) is 0 Å². The molecule has 0 bridgehead atoms. The van der Waals surface area contributed by atoms with Crippen molar-refractivity contribution in [3.63, 3.8) is 0 Å². The van der Waals surface area contributed by atoms with E-state index in [1.54, 1.807) is 18.2 Å². The lowest BCUT2D eigenvalue weighted by molar-refractivity contribution is -0.113. The van der Waals surface area contributed by atoms with Crippen LogP contribution in [0, 0.1) is 5.82 Å². The van der Waals surface area contributed by atoms with Gasteiger partial charge in [-0.3, -0.25) is 4.79 Å². The van der Waals surface area contributed by atoms with Crippen molar-refractivity contribution in [3.8, 4) is 0 Å². The molecule has 3 rings (SSSR count). The second kappa shape index (κ2) is 9.07. The first kappa shape index (κ1) is 20.2. The minimum atomic E-state index is -0.391. The molecule has 0 aliphatic rings. The fourth-order valence-corrected chi connectivity index (χ4v) is 4.44. The summed E-state index contributed by atoms with van der Waals surface area (Å²) in [4.78, 5) is 12.1. The first-order valence-corrected chi connectivity index (χ1v) is 10.3. The predicted molar refractivity (Wildman–Crippen MR) is 110 cm³/mol. The number of aromatic nitrogens is 2. The van der Waals surface area contributed by atoms with Crippen LogP contribution in [0.25, 0.3) is 0 Å². The van der Waals surface area contributed by atoms with E-state index in [2.05, 4.69) is 20.8 Å². The lowest BCUT2D eigenvalue weighted by Gasteiger charge is -2.09. The summed E-state index contributed by atoms with van der Waals surface area (Å²) in [6, 6.07) is 9.22. The van der Waals surface area contributed by atoms with Crippen LogP contribution in [0.1, 0.15) is 0 Å². The molecule has 0 unspecified atom stereocenters. The fraction of sp³-hybridized carbons (Fsp3) is 0.0625. The molecule has 0 radical (unpaired) electrons. The highest BCUT2D eigenvalue weighted by molar-refractivity contribution is 8.01. The maximum Gasteiger partial charge on any atom is 0.234 e. The number of hydrogen-bond acceptors (Lipinski definition) is 6. The van der Waals surface area contributed by atoms with E-state index >= 15 is 0 Å². The molecule has 0 aliphatic heterocycles. The van der Waals surface area contributed by atoms with Crippen LogP contribution in [0.15, 0.2) is 40.7 Å². The molecule has 0 saturated carbocycles. The van der Waals surface area contributed by atoms with Gasteiger partial charge in [0.05, 0.1) is 27.2 Å². The Balaban J connectivity index is 1.57. The van der Waals surface area contributed by atoms with Gasteiger partial charge in [0.2, 0.25) is 11.0 Å². The number of halogens is 4. The number of anilines is 3. The second-order valence-electron chi connectivity index (χ2n) is 5.06. The molecule has 1 aromatic heterocycles. The summed E-state index contributed by atoms with van der Waals surface area (Å²) in [5.41, 5.74) is 0.600. The van der Waals surface area contributed by atoms with Crippen LogP contribution < -0.4 is 10.6 Å². The van der Waals surface area contributed by atoms with Gasteiger partial charge in [-0.15, -0.1) is 10.2 Å². The molecular weight excluding hydrogens is 454 g/mol. The summed E-state index contributed by atoms with van der Waals surface area (Å²) in [6.07, 6.45) is 0. The van der Waals surface area contributed by atoms with E-state index in [9.17, 15) is 9.18 Å². The average Bonchev–Trinajstić information content (AvgIpc) is 3.06. The maximum atomic E-state index is 13.6. The molecule has 2 aromatic carbocycles. The smallest absolute Gasteiger partial charge is 0.234 e. The molecule has 0 atom stereocenters. The maximum absolute atomic E-state index is 13.6. The van der Waals surface area contributed by atoms with Crippen molar-refractivity contribution in [3.05, 3.63) is 57.3 Å². The third kappa shape index (κ3) is 5.46. The van der Waals surface area contributed by atoms with Crippen LogP contribution in [-0.4, -0.2) is 21.9 Å². The fourth-order valence-electron chi connectivity index (χ4n) is 1.96. The zero-order valence-corrected chi connectivity index (χ0v) is 17.2. The van der Waals surface area contributed by atoms with Gasteiger partial charge in [-0.1, -0.05) is 70.0 Å². The standard InChI is InChI=1S/C16H10Cl3FN4OS2/c17-8-5-9(18)14(10(19)6-8)22-13(25)7-26-16-24-23-15(27-16)21-12-4-2-1-3-11(12)20/h1-6H,7H2,(H,21,23)(H,22,25). The number of rotatable bonds is 6. The number of benzene rings is 2. The van der Waals surface area contributed by atoms with Crippen molar-refractivity contribution < 1.29 is 9.18 Å². The summed E-state index contributed by atoms with van der Waals surface area (Å²) in [6.45, 7) is 0. The Kier molecular flexibility index (Phi) is 6.78. The molecule has 0 aliphatic carbocycles. The van der Waals surface area contributed by atoms with E-state index in [0.717, 1.165) is 0 Å². The van der Waals surface area contributed by atoms with E-state index in [1.807, 2.05) is 0 Å². The van der Waals surface area contributed by atoms with Gasteiger partial charge in [0, 0.05) is 5.02 Å². The Hall–Kier alpha value is -1.58. The molecule has 140 valence electrons. The Morgan fingerprint density at radius 3 is 2.56 bits per heavy atom. The van der Waals surface area contributed by atoms with Crippen molar-refractivity contribution in [2.24, 2.45) is 0 Å². The van der Waals surface area contributed by atoms with Crippen molar-refractivity contribution >= 4 is 80.3 Å². The number of nitrogens with zero attached hydrogens (tertiary/aromatic N) is 2. The molecule has 5 nitrogen and oxygen atoms in total. The number of amides is 1. The highest BCUT2D eigenvalue weighted by Gasteiger charge is 2.13. The van der Waals surface area contributed by atoms with E-state index in [0.29, 0.717) is 25.9 Å². The van der Waals surface area contributed by atoms with E-state index in [4.69, 9.17) is 34.8 Å². The van der Waals surface area contributed by atoms with Gasteiger partial charge in [0.15, 0.2) is 4.34 Å². The topological polar surface area (TPSA) is 66.9 Å². The van der Waals surface area contributed by atoms with Crippen LogP contribution in [0.2, 0.25) is 15.1 Å². The molecule has 1 amide bonds. The largest absolute Gasteiger partial charge is 0.328 e. The SMILES string of the molecule is O=C(CSc1nnc(Nc2ccccc2F)s1)Nc1c(Cl)cc(Cl)cc1Cl. The lowest BCUT2D eigenvalue weighted by atomic mass is 10.3. The second-order valence-corrected chi connectivity index (χ2v) is 8.51. The number of hydrogen-bond donors (Lipinski definition) is 2. The number of carbonyl (C=O) groups is 1. The van der Waals surface area contributed by atoms with Gasteiger partial charge in [0.25, 0.3) is 0 Å². The van der Waals surface area contributed by atoms with Crippen LogP contribution in [0.4, 0.5) is 20.9 Å². The molecule has 11 heteroatoms. The molecule has 2 N–H and O–H groups in total.